The van der Waals surface area contributed by atoms with Gasteiger partial charge in [-0.25, -0.2) is 9.38 Å². The SMILES string of the molecule is C/C=N\c1c(/C=C(\C)F)c(C)nn1C. The van der Waals surface area contributed by atoms with Crippen LogP contribution >= 0.6 is 0 Å². The lowest BCUT2D eigenvalue weighted by molar-refractivity contribution is 0.648. The molecule has 0 atom stereocenters. The number of aliphatic imine (C=N–C) groups is 1. The van der Waals surface area contributed by atoms with Crippen molar-refractivity contribution in [2.24, 2.45) is 12.0 Å². The lowest BCUT2D eigenvalue weighted by atomic mass is 10.2. The van der Waals surface area contributed by atoms with Gasteiger partial charge < -0.3 is 0 Å². The van der Waals surface area contributed by atoms with E-state index in [0.29, 0.717) is 5.82 Å². The van der Waals surface area contributed by atoms with Crippen molar-refractivity contribution in [2.75, 3.05) is 0 Å². The third-order valence-electron chi connectivity index (χ3n) is 1.83. The fourth-order valence-electron chi connectivity index (χ4n) is 1.31. The Morgan fingerprint density at radius 1 is 1.57 bits per heavy atom. The fraction of sp³-hybridized carbons (Fsp3) is 0.400. The Labute approximate surface area is 83.0 Å². The highest BCUT2D eigenvalue weighted by Gasteiger charge is 2.09. The fourth-order valence-corrected chi connectivity index (χ4v) is 1.31. The number of aromatic nitrogens is 2. The second kappa shape index (κ2) is 4.17. The molecule has 1 heterocycles. The van der Waals surface area contributed by atoms with Gasteiger partial charge in [0, 0.05) is 18.8 Å². The molecule has 0 radical (unpaired) electrons. The van der Waals surface area contributed by atoms with Gasteiger partial charge in [0.15, 0.2) is 5.82 Å². The first-order valence-corrected chi connectivity index (χ1v) is 4.42. The summed E-state index contributed by atoms with van der Waals surface area (Å²) >= 11 is 0. The van der Waals surface area contributed by atoms with Gasteiger partial charge in [-0.2, -0.15) is 5.10 Å². The molecule has 76 valence electrons. The van der Waals surface area contributed by atoms with Crippen LogP contribution < -0.4 is 0 Å². The highest BCUT2D eigenvalue weighted by atomic mass is 19.1. The minimum Gasteiger partial charge on any atom is -0.250 e. The van der Waals surface area contributed by atoms with E-state index in [9.17, 15) is 4.39 Å². The third kappa shape index (κ3) is 2.07. The van der Waals surface area contributed by atoms with Gasteiger partial charge in [0.05, 0.1) is 11.5 Å². The van der Waals surface area contributed by atoms with Crippen LogP contribution in [-0.4, -0.2) is 16.0 Å². The van der Waals surface area contributed by atoms with Gasteiger partial charge in [0.25, 0.3) is 0 Å². The summed E-state index contributed by atoms with van der Waals surface area (Å²) in [5, 5.41) is 4.17. The van der Waals surface area contributed by atoms with Crippen molar-refractivity contribution >= 4 is 18.1 Å². The Bertz CT molecular complexity index is 384. The number of halogens is 1. The molecule has 1 aromatic rings. The van der Waals surface area contributed by atoms with E-state index in [1.165, 1.54) is 13.0 Å². The van der Waals surface area contributed by atoms with E-state index >= 15 is 0 Å². The Hall–Kier alpha value is -1.45. The van der Waals surface area contributed by atoms with Crippen molar-refractivity contribution in [3.05, 3.63) is 17.1 Å². The molecule has 0 saturated carbocycles. The minimum atomic E-state index is -0.242. The molecule has 14 heavy (non-hydrogen) atoms. The molecule has 4 heteroatoms. The largest absolute Gasteiger partial charge is 0.250 e. The number of aryl methyl sites for hydroxylation is 2. The van der Waals surface area contributed by atoms with E-state index in [1.807, 2.05) is 13.8 Å². The Morgan fingerprint density at radius 2 is 2.21 bits per heavy atom. The summed E-state index contributed by atoms with van der Waals surface area (Å²) in [5.74, 6) is 0.440. The molecule has 0 N–H and O–H groups in total. The van der Waals surface area contributed by atoms with Gasteiger partial charge in [-0.1, -0.05) is 0 Å². The van der Waals surface area contributed by atoms with Crippen LogP contribution in [0.15, 0.2) is 10.8 Å². The van der Waals surface area contributed by atoms with E-state index in [1.54, 1.807) is 17.9 Å². The number of rotatable bonds is 2. The second-order valence-electron chi connectivity index (χ2n) is 3.06. The van der Waals surface area contributed by atoms with Crippen LogP contribution in [0, 0.1) is 6.92 Å². The van der Waals surface area contributed by atoms with Crippen molar-refractivity contribution in [3.8, 4) is 0 Å². The molecule has 0 saturated heterocycles. The van der Waals surface area contributed by atoms with Crippen molar-refractivity contribution in [3.63, 3.8) is 0 Å². The molecule has 1 aromatic heterocycles. The number of allylic oxidation sites excluding steroid dienone is 1. The van der Waals surface area contributed by atoms with Crippen molar-refractivity contribution < 1.29 is 4.39 Å². The van der Waals surface area contributed by atoms with E-state index < -0.39 is 0 Å². The maximum Gasteiger partial charge on any atom is 0.157 e. The quantitative estimate of drug-likeness (QED) is 0.667. The average molecular weight is 195 g/mol. The van der Waals surface area contributed by atoms with Gasteiger partial charge in [0.2, 0.25) is 0 Å². The molecule has 0 unspecified atom stereocenters. The maximum absolute atomic E-state index is 12.8. The van der Waals surface area contributed by atoms with Crippen molar-refractivity contribution in [2.45, 2.75) is 20.8 Å². The van der Waals surface area contributed by atoms with Crippen LogP contribution in [0.4, 0.5) is 10.2 Å². The maximum atomic E-state index is 12.8. The van der Waals surface area contributed by atoms with Gasteiger partial charge in [-0.15, -0.1) is 0 Å². The molecule has 1 rings (SSSR count). The van der Waals surface area contributed by atoms with Gasteiger partial charge in [-0.3, -0.25) is 4.68 Å². The van der Waals surface area contributed by atoms with Crippen molar-refractivity contribution in [1.29, 1.82) is 0 Å². The van der Waals surface area contributed by atoms with Gasteiger partial charge in [-0.05, 0) is 26.8 Å². The van der Waals surface area contributed by atoms with E-state index in [4.69, 9.17) is 0 Å². The molecule has 0 aliphatic heterocycles. The molecular formula is C10H14FN3. The van der Waals surface area contributed by atoms with Crippen LogP contribution in [0.2, 0.25) is 0 Å². The summed E-state index contributed by atoms with van der Waals surface area (Å²) in [7, 11) is 1.79. The Balaban J connectivity index is 3.32. The standard InChI is InChI=1S/C10H14FN3/c1-5-12-10-9(6-7(2)11)8(3)13-14(10)4/h5-6H,1-4H3/b7-6+,12-5-. The first kappa shape index (κ1) is 10.6. The van der Waals surface area contributed by atoms with E-state index in [2.05, 4.69) is 10.1 Å². The Morgan fingerprint density at radius 3 is 2.71 bits per heavy atom. The minimum absolute atomic E-state index is 0.242. The van der Waals surface area contributed by atoms with E-state index in [-0.39, 0.29) is 5.83 Å². The average Bonchev–Trinajstić information content (AvgIpc) is 2.31. The molecule has 0 fully saturated rings. The molecule has 0 aliphatic rings. The summed E-state index contributed by atoms with van der Waals surface area (Å²) in [5.41, 5.74) is 1.52. The molecule has 0 aliphatic carbocycles. The van der Waals surface area contributed by atoms with Crippen LogP contribution in [0.5, 0.6) is 0 Å². The smallest absolute Gasteiger partial charge is 0.157 e. The van der Waals surface area contributed by atoms with Crippen LogP contribution in [0.1, 0.15) is 25.1 Å². The lowest BCUT2D eigenvalue weighted by Crippen LogP contribution is -1.89. The summed E-state index contributed by atoms with van der Waals surface area (Å²) in [6.45, 7) is 5.06. The number of hydrogen-bond acceptors (Lipinski definition) is 2. The van der Waals surface area contributed by atoms with E-state index in [0.717, 1.165) is 11.3 Å². The first-order chi connectivity index (χ1) is 6.56. The molecular weight excluding hydrogens is 181 g/mol. The highest BCUT2D eigenvalue weighted by molar-refractivity contribution is 5.69. The normalized spacial score (nSPS) is 12.8. The first-order valence-electron chi connectivity index (χ1n) is 4.42. The summed E-state index contributed by atoms with van der Waals surface area (Å²) in [6, 6.07) is 0. The number of nitrogens with zero attached hydrogens (tertiary/aromatic N) is 3. The third-order valence-corrected chi connectivity index (χ3v) is 1.83. The number of hydrogen-bond donors (Lipinski definition) is 0. The van der Waals surface area contributed by atoms with Crippen LogP contribution in [0.3, 0.4) is 0 Å². The summed E-state index contributed by atoms with van der Waals surface area (Å²) in [4.78, 5) is 4.14. The molecule has 0 aromatic carbocycles. The van der Waals surface area contributed by atoms with Crippen LogP contribution in [-0.2, 0) is 7.05 Å². The lowest BCUT2D eigenvalue weighted by Gasteiger charge is -1.95. The zero-order chi connectivity index (χ0) is 10.7. The Kier molecular flexibility index (Phi) is 3.17. The molecule has 0 bridgehead atoms. The molecule has 0 amide bonds. The zero-order valence-corrected chi connectivity index (χ0v) is 8.87. The van der Waals surface area contributed by atoms with Crippen molar-refractivity contribution in [1.82, 2.24) is 9.78 Å². The van der Waals surface area contributed by atoms with Crippen LogP contribution in [0.25, 0.3) is 6.08 Å². The predicted molar refractivity (Wildman–Crippen MR) is 56.5 cm³/mol. The molecule has 0 spiro atoms. The topological polar surface area (TPSA) is 30.2 Å². The molecule has 3 nitrogen and oxygen atoms in total. The zero-order valence-electron chi connectivity index (χ0n) is 8.87. The van der Waals surface area contributed by atoms with Gasteiger partial charge in [0.1, 0.15) is 0 Å². The monoisotopic (exact) mass is 195 g/mol. The summed E-state index contributed by atoms with van der Waals surface area (Å²) < 4.78 is 14.4. The highest BCUT2D eigenvalue weighted by Crippen LogP contribution is 2.24. The second-order valence-corrected chi connectivity index (χ2v) is 3.06. The summed E-state index contributed by atoms with van der Waals surface area (Å²) in [6.07, 6.45) is 3.12. The predicted octanol–water partition coefficient (Wildman–Crippen LogP) is 2.78. The van der Waals surface area contributed by atoms with Gasteiger partial charge >= 0.3 is 0 Å².